The molecule has 0 aliphatic carbocycles. The van der Waals surface area contributed by atoms with Crippen molar-refractivity contribution in [2.75, 3.05) is 11.9 Å². The first-order valence-corrected chi connectivity index (χ1v) is 8.95. The minimum absolute atomic E-state index is 0.126. The average Bonchev–Trinajstić information content (AvgIpc) is 3.27. The third-order valence-corrected chi connectivity index (χ3v) is 4.75. The van der Waals surface area contributed by atoms with Gasteiger partial charge >= 0.3 is 0 Å². The summed E-state index contributed by atoms with van der Waals surface area (Å²) in [4.78, 5) is 30.9. The van der Waals surface area contributed by atoms with Crippen LogP contribution in [0.2, 0.25) is 0 Å². The molecule has 0 radical (unpaired) electrons. The first kappa shape index (κ1) is 17.7. The van der Waals surface area contributed by atoms with Crippen LogP contribution in [-0.2, 0) is 17.8 Å². The lowest BCUT2D eigenvalue weighted by molar-refractivity contribution is -0.126. The van der Waals surface area contributed by atoms with E-state index in [-0.39, 0.29) is 11.8 Å². The monoisotopic (exact) mass is 373 g/mol. The van der Waals surface area contributed by atoms with Crippen molar-refractivity contribution in [1.29, 1.82) is 0 Å². The third-order valence-electron chi connectivity index (χ3n) is 4.75. The van der Waals surface area contributed by atoms with Crippen LogP contribution in [-0.4, -0.2) is 38.0 Å². The topological polar surface area (TPSA) is 80.1 Å². The Kier molecular flexibility index (Phi) is 4.72. The SMILES string of the molecule is C=CC(=O)N1CCc2cccc(C(=O)Nc3ccc(-n4cccn4)nc3)c2C1. The van der Waals surface area contributed by atoms with Crippen molar-refractivity contribution < 1.29 is 9.59 Å². The van der Waals surface area contributed by atoms with Crippen LogP contribution in [0, 0.1) is 0 Å². The number of nitrogens with one attached hydrogen (secondary N) is 1. The van der Waals surface area contributed by atoms with E-state index in [0.717, 1.165) is 17.5 Å². The maximum absolute atomic E-state index is 12.9. The van der Waals surface area contributed by atoms with E-state index in [4.69, 9.17) is 0 Å². The van der Waals surface area contributed by atoms with Crippen molar-refractivity contribution in [1.82, 2.24) is 19.7 Å². The van der Waals surface area contributed by atoms with Gasteiger partial charge in [-0.25, -0.2) is 9.67 Å². The molecule has 1 aromatic carbocycles. The molecule has 1 N–H and O–H groups in total. The van der Waals surface area contributed by atoms with Crippen LogP contribution in [0.5, 0.6) is 0 Å². The van der Waals surface area contributed by atoms with E-state index >= 15 is 0 Å². The lowest BCUT2D eigenvalue weighted by Gasteiger charge is -2.29. The second-order valence-electron chi connectivity index (χ2n) is 6.47. The molecule has 0 fully saturated rings. The van der Waals surface area contributed by atoms with Crippen LogP contribution in [0.15, 0.2) is 67.6 Å². The largest absolute Gasteiger partial charge is 0.334 e. The Balaban J connectivity index is 1.54. The van der Waals surface area contributed by atoms with Gasteiger partial charge in [-0.2, -0.15) is 5.10 Å². The molecule has 4 rings (SSSR count). The Morgan fingerprint density at radius 1 is 1.18 bits per heavy atom. The summed E-state index contributed by atoms with van der Waals surface area (Å²) in [6, 6.07) is 11.0. The highest BCUT2D eigenvalue weighted by Gasteiger charge is 2.23. The van der Waals surface area contributed by atoms with Gasteiger partial charge in [0.1, 0.15) is 0 Å². The summed E-state index contributed by atoms with van der Waals surface area (Å²) in [5.41, 5.74) is 3.12. The van der Waals surface area contributed by atoms with Gasteiger partial charge in [0.15, 0.2) is 5.82 Å². The lowest BCUT2D eigenvalue weighted by atomic mass is 9.94. The van der Waals surface area contributed by atoms with Gasteiger partial charge in [-0.1, -0.05) is 18.7 Å². The molecule has 3 heterocycles. The maximum atomic E-state index is 12.9. The second kappa shape index (κ2) is 7.48. The molecule has 7 heteroatoms. The van der Waals surface area contributed by atoms with E-state index < -0.39 is 0 Å². The number of amides is 2. The number of nitrogens with zero attached hydrogens (tertiary/aromatic N) is 4. The molecule has 0 atom stereocenters. The minimum Gasteiger partial charge on any atom is -0.334 e. The molecule has 0 spiro atoms. The molecule has 0 bridgehead atoms. The fourth-order valence-electron chi connectivity index (χ4n) is 3.31. The molecule has 0 saturated carbocycles. The van der Waals surface area contributed by atoms with Gasteiger partial charge in [-0.05, 0) is 47.9 Å². The molecular formula is C21H19N5O2. The molecule has 28 heavy (non-hydrogen) atoms. The van der Waals surface area contributed by atoms with Crippen LogP contribution in [0.1, 0.15) is 21.5 Å². The van der Waals surface area contributed by atoms with Crippen molar-refractivity contribution in [3.05, 3.63) is 84.3 Å². The average molecular weight is 373 g/mol. The molecule has 140 valence electrons. The highest BCUT2D eigenvalue weighted by molar-refractivity contribution is 6.05. The van der Waals surface area contributed by atoms with Crippen LogP contribution in [0.3, 0.4) is 0 Å². The summed E-state index contributed by atoms with van der Waals surface area (Å²) >= 11 is 0. The molecular weight excluding hydrogens is 354 g/mol. The second-order valence-corrected chi connectivity index (χ2v) is 6.47. The summed E-state index contributed by atoms with van der Waals surface area (Å²) in [6.45, 7) is 4.58. The van der Waals surface area contributed by atoms with Crippen molar-refractivity contribution in [3.63, 3.8) is 0 Å². The predicted octanol–water partition coefficient (Wildman–Crippen LogP) is 2.59. The number of hydrogen-bond donors (Lipinski definition) is 1. The van der Waals surface area contributed by atoms with Gasteiger partial charge in [-0.3, -0.25) is 9.59 Å². The highest BCUT2D eigenvalue weighted by atomic mass is 16.2. The normalized spacial score (nSPS) is 12.9. The van der Waals surface area contributed by atoms with Crippen molar-refractivity contribution in [3.8, 4) is 5.82 Å². The number of benzene rings is 1. The van der Waals surface area contributed by atoms with Gasteiger partial charge in [0, 0.05) is 31.0 Å². The van der Waals surface area contributed by atoms with Gasteiger partial charge < -0.3 is 10.2 Å². The van der Waals surface area contributed by atoms with E-state index in [2.05, 4.69) is 22.0 Å². The van der Waals surface area contributed by atoms with E-state index in [9.17, 15) is 9.59 Å². The summed E-state index contributed by atoms with van der Waals surface area (Å²) in [7, 11) is 0. The zero-order chi connectivity index (χ0) is 19.5. The summed E-state index contributed by atoms with van der Waals surface area (Å²) in [5.74, 6) is 0.316. The number of aromatic nitrogens is 3. The van der Waals surface area contributed by atoms with Crippen molar-refractivity contribution in [2.45, 2.75) is 13.0 Å². The van der Waals surface area contributed by atoms with Gasteiger partial charge in [0.25, 0.3) is 5.91 Å². The number of pyridine rings is 1. The number of hydrogen-bond acceptors (Lipinski definition) is 4. The van der Waals surface area contributed by atoms with Crippen molar-refractivity contribution >= 4 is 17.5 Å². The number of fused-ring (bicyclic) bond motifs is 1. The maximum Gasteiger partial charge on any atom is 0.256 e. The first-order valence-electron chi connectivity index (χ1n) is 8.95. The van der Waals surface area contributed by atoms with Crippen LogP contribution >= 0.6 is 0 Å². The number of carbonyl (C=O) groups is 2. The summed E-state index contributed by atoms with van der Waals surface area (Å²) in [5, 5.41) is 7.01. The summed E-state index contributed by atoms with van der Waals surface area (Å²) < 4.78 is 1.64. The molecule has 1 aliphatic rings. The Morgan fingerprint density at radius 3 is 2.79 bits per heavy atom. The quantitative estimate of drug-likeness (QED) is 0.713. The minimum atomic E-state index is -0.224. The van der Waals surface area contributed by atoms with Gasteiger partial charge in [0.2, 0.25) is 5.91 Å². The predicted molar refractivity (Wildman–Crippen MR) is 105 cm³/mol. The van der Waals surface area contributed by atoms with E-state index in [1.165, 1.54) is 6.08 Å². The molecule has 0 unspecified atom stereocenters. The third kappa shape index (κ3) is 3.42. The van der Waals surface area contributed by atoms with Crippen molar-refractivity contribution in [2.24, 2.45) is 0 Å². The molecule has 7 nitrogen and oxygen atoms in total. The number of anilines is 1. The van der Waals surface area contributed by atoms with Gasteiger partial charge in [-0.15, -0.1) is 0 Å². The Bertz CT molecular complexity index is 1030. The van der Waals surface area contributed by atoms with Crippen LogP contribution in [0.25, 0.3) is 5.82 Å². The zero-order valence-corrected chi connectivity index (χ0v) is 15.2. The van der Waals surface area contributed by atoms with E-state index in [1.807, 2.05) is 18.2 Å². The smallest absolute Gasteiger partial charge is 0.256 e. The molecule has 2 amide bonds. The van der Waals surface area contributed by atoms with E-state index in [1.54, 1.807) is 46.4 Å². The first-order chi connectivity index (χ1) is 13.7. The summed E-state index contributed by atoms with van der Waals surface area (Å²) in [6.07, 6.45) is 7.10. The molecule has 1 aliphatic heterocycles. The zero-order valence-electron chi connectivity index (χ0n) is 15.2. The van der Waals surface area contributed by atoms with Crippen LogP contribution in [0.4, 0.5) is 5.69 Å². The number of carbonyl (C=O) groups excluding carboxylic acids is 2. The lowest BCUT2D eigenvalue weighted by Crippen LogP contribution is -2.36. The molecule has 0 saturated heterocycles. The Labute approximate surface area is 162 Å². The fraction of sp³-hybridized carbons (Fsp3) is 0.143. The Hall–Kier alpha value is -3.74. The Morgan fingerprint density at radius 2 is 2.07 bits per heavy atom. The highest BCUT2D eigenvalue weighted by Crippen LogP contribution is 2.24. The van der Waals surface area contributed by atoms with Crippen LogP contribution < -0.4 is 5.32 Å². The van der Waals surface area contributed by atoms with Gasteiger partial charge in [0.05, 0.1) is 11.9 Å². The molecule has 3 aromatic rings. The van der Waals surface area contributed by atoms with E-state index in [0.29, 0.717) is 30.2 Å². The standard InChI is InChI=1S/C21H19N5O2/c1-2-20(27)25-12-9-15-5-3-6-17(18(15)14-25)21(28)24-16-7-8-19(22-13-16)26-11-4-10-23-26/h2-8,10-11,13H,1,9,12,14H2,(H,24,28). The number of rotatable bonds is 4. The molecule has 2 aromatic heterocycles. The fourth-order valence-corrected chi connectivity index (χ4v) is 3.31.